The molecule has 15 heteroatoms. The van der Waals surface area contributed by atoms with Crippen molar-refractivity contribution in [3.05, 3.63) is 98.6 Å². The molecule has 0 atom stereocenters. The summed E-state index contributed by atoms with van der Waals surface area (Å²) in [6.07, 6.45) is 3.43. The van der Waals surface area contributed by atoms with Crippen LogP contribution in [0.3, 0.4) is 0 Å². The number of likely N-dealkylation sites (N-methyl/N-ethyl adjacent to an activating group) is 2. The Morgan fingerprint density at radius 2 is 1.46 bits per heavy atom. The van der Waals surface area contributed by atoms with Crippen molar-refractivity contribution in [2.24, 2.45) is 0 Å². The zero-order valence-electron chi connectivity index (χ0n) is 27.9. The summed E-state index contributed by atoms with van der Waals surface area (Å²) in [4.78, 5) is 26.4. The highest BCUT2D eigenvalue weighted by Gasteiger charge is 2.37. The van der Waals surface area contributed by atoms with Gasteiger partial charge in [0.1, 0.15) is 30.1 Å². The van der Waals surface area contributed by atoms with Gasteiger partial charge in [-0.1, -0.05) is 18.2 Å². The van der Waals surface area contributed by atoms with Gasteiger partial charge < -0.3 is 24.6 Å². The van der Waals surface area contributed by atoms with Crippen LogP contribution in [0.5, 0.6) is 11.5 Å². The first-order chi connectivity index (χ1) is 23.0. The number of carbonyl (C=O) groups excluding carboxylic acids is 1. The van der Waals surface area contributed by atoms with Gasteiger partial charge in [0.25, 0.3) is 20.2 Å². The minimum absolute atomic E-state index is 0.0859. The number of rotatable bonds is 7. The van der Waals surface area contributed by atoms with Crippen LogP contribution < -0.4 is 29.9 Å². The number of hydrogen-bond acceptors (Lipinski definition) is 9. The van der Waals surface area contributed by atoms with Gasteiger partial charge in [-0.25, -0.2) is 9.37 Å². The van der Waals surface area contributed by atoms with Crippen LogP contribution in [-0.4, -0.2) is 79.7 Å². The summed E-state index contributed by atoms with van der Waals surface area (Å²) in [7, 11) is -5.36. The maximum Gasteiger partial charge on any atom is 0.336 e. The average molecular weight is 723 g/mol. The molecule has 0 amide bonds. The Morgan fingerprint density at radius 3 is 2.04 bits per heavy atom. The molecule has 3 aliphatic heterocycles. The van der Waals surface area contributed by atoms with E-state index < -0.39 is 54.8 Å². The molecule has 0 bridgehead atoms. The highest BCUT2D eigenvalue weighted by Crippen LogP contribution is 2.46. The molecule has 0 spiro atoms. The average Bonchev–Trinajstić information content (AvgIpc) is 2.98. The Hall–Kier alpha value is -4.83. The van der Waals surface area contributed by atoms with E-state index in [1.165, 1.54) is 12.1 Å². The Balaban J connectivity index is 1.79. The van der Waals surface area contributed by atoms with Gasteiger partial charge in [0, 0.05) is 54.6 Å². The van der Waals surface area contributed by atoms with Gasteiger partial charge in [-0.15, -0.1) is 0 Å². The predicted octanol–water partition coefficient (Wildman–Crippen LogP) is 1.79. The molecule has 0 radical (unpaired) electrons. The largest absolute Gasteiger partial charge is 0.545 e. The van der Waals surface area contributed by atoms with Crippen LogP contribution in [0.25, 0.3) is 16.7 Å². The minimum Gasteiger partial charge on any atom is -0.545 e. The molecule has 0 unspecified atom stereocenters. The molecule has 3 heterocycles. The molecule has 3 aromatic carbocycles. The molecular weight excluding hydrogens is 689 g/mol. The van der Waals surface area contributed by atoms with E-state index in [2.05, 4.69) is 0 Å². The number of carbonyl (C=O) groups is 2. The Labute approximate surface area is 288 Å². The fraction of sp³-hybridized carbons (Fsp3) is 0.286. The molecule has 3 N–H and O–H groups in total. The number of carboxylic acids is 2. The third-order valence-electron chi connectivity index (χ3n) is 9.58. The summed E-state index contributed by atoms with van der Waals surface area (Å²) in [5.74, 6) is -3.90. The number of nitrogens with zero attached hydrogens (tertiary/aromatic N) is 2. The number of carboxylic acid groups (broad SMARTS) is 2. The van der Waals surface area contributed by atoms with Gasteiger partial charge in [-0.2, -0.15) is 16.8 Å². The molecule has 262 valence electrons. The summed E-state index contributed by atoms with van der Waals surface area (Å²) in [6.45, 7) is 7.47. The predicted molar refractivity (Wildman–Crippen MR) is 184 cm³/mol. The topological polar surface area (TPSA) is 202 Å². The zero-order chi connectivity index (χ0) is 36.9. The lowest BCUT2D eigenvalue weighted by molar-refractivity contribution is -0.255. The van der Waals surface area contributed by atoms with Crippen molar-refractivity contribution in [1.29, 1.82) is 0 Å². The maximum atomic E-state index is 12.7. The smallest absolute Gasteiger partial charge is 0.336 e. The van der Waals surface area contributed by atoms with Crippen molar-refractivity contribution in [1.82, 2.24) is 4.58 Å². The van der Waals surface area contributed by atoms with Gasteiger partial charge in [0.05, 0.1) is 28.7 Å². The lowest BCUT2D eigenvalue weighted by atomic mass is 9.83. The Bertz CT molecular complexity index is 2490. The number of hydrogen-bond donors (Lipinski definition) is 3. The summed E-state index contributed by atoms with van der Waals surface area (Å²) in [5.41, 5.74) is 0.515. The van der Waals surface area contributed by atoms with Crippen LogP contribution in [0.4, 0.5) is 5.69 Å². The minimum atomic E-state index is -4.49. The first kappa shape index (κ1) is 35.0. The first-order valence-electron chi connectivity index (χ1n) is 15.3. The van der Waals surface area contributed by atoms with Crippen molar-refractivity contribution < 1.29 is 50.5 Å². The molecule has 3 aliphatic rings. The molecular formula is C35H34N2O11S2. The monoisotopic (exact) mass is 722 g/mol. The SMILES string of the molecule is CN1c2cc3c(cc2C(CS(=O)(=O)O)=CC1(C)C)C(c1ccc(C(=O)[O-])cc1C(=O)O)=c1cc2c(cc1O3)=[N+](C)C(C)(C)C=C2CS(=O)(=O)O. The fourth-order valence-electron chi connectivity index (χ4n) is 6.84. The molecule has 0 aliphatic carbocycles. The standard InChI is InChI=1S/C35H34N2O11S2/c1-34(2)14-19(16-49(42,43)44)22-10-25-29(12-27(22)36(34)5)48-30-13-28-23(20(17-50(45,46)47)15-35(3,4)37(28)6)11-26(30)31(25)21-8-7-18(32(38)39)9-24(21)33(40)41/h7-15H,16-17H2,1-6H3,(H3-,38,39,40,41,42,43,44,45,46,47). The number of benzene rings is 3. The second-order valence-electron chi connectivity index (χ2n) is 13.8. The van der Waals surface area contributed by atoms with Crippen LogP contribution in [0, 0.1) is 0 Å². The van der Waals surface area contributed by atoms with Gasteiger partial charge in [-0.3, -0.25) is 9.11 Å². The van der Waals surface area contributed by atoms with E-state index in [0.29, 0.717) is 33.0 Å². The molecule has 3 aromatic rings. The maximum absolute atomic E-state index is 12.7. The summed E-state index contributed by atoms with van der Waals surface area (Å²) < 4.78 is 76.9. The summed E-state index contributed by atoms with van der Waals surface area (Å²) in [5, 5.41) is 23.0. The van der Waals surface area contributed by atoms with Crippen molar-refractivity contribution >= 4 is 54.6 Å². The van der Waals surface area contributed by atoms with Crippen LogP contribution >= 0.6 is 0 Å². The van der Waals surface area contributed by atoms with E-state index in [1.54, 1.807) is 36.4 Å². The quantitative estimate of drug-likeness (QED) is 0.185. The van der Waals surface area contributed by atoms with E-state index in [0.717, 1.165) is 6.07 Å². The number of aromatic carboxylic acids is 2. The normalized spacial score (nSPS) is 17.4. The van der Waals surface area contributed by atoms with Gasteiger partial charge in [0.15, 0.2) is 5.54 Å². The van der Waals surface area contributed by atoms with Crippen molar-refractivity contribution in [2.45, 2.75) is 38.8 Å². The summed E-state index contributed by atoms with van der Waals surface area (Å²) in [6, 6.07) is 10.2. The van der Waals surface area contributed by atoms with Crippen molar-refractivity contribution in [3.63, 3.8) is 0 Å². The van der Waals surface area contributed by atoms with Crippen LogP contribution in [0.2, 0.25) is 0 Å². The molecule has 50 heavy (non-hydrogen) atoms. The third kappa shape index (κ3) is 6.10. The Kier molecular flexibility index (Phi) is 7.95. The van der Waals surface area contributed by atoms with Gasteiger partial charge >= 0.3 is 5.97 Å². The highest BCUT2D eigenvalue weighted by molar-refractivity contribution is 7.86. The van der Waals surface area contributed by atoms with E-state index in [-0.39, 0.29) is 44.9 Å². The van der Waals surface area contributed by atoms with Gasteiger partial charge in [-0.05, 0) is 60.4 Å². The van der Waals surface area contributed by atoms with E-state index in [9.17, 15) is 45.7 Å². The lowest BCUT2D eigenvalue weighted by Crippen LogP contribution is -2.47. The molecule has 13 nitrogen and oxygen atoms in total. The lowest BCUT2D eigenvalue weighted by Gasteiger charge is -2.41. The van der Waals surface area contributed by atoms with Crippen LogP contribution in [0.15, 0.2) is 54.6 Å². The zero-order valence-corrected chi connectivity index (χ0v) is 29.6. The second-order valence-corrected chi connectivity index (χ2v) is 16.7. The second kappa shape index (κ2) is 11.3. The summed E-state index contributed by atoms with van der Waals surface area (Å²) >= 11 is 0. The van der Waals surface area contributed by atoms with Crippen LogP contribution in [0.1, 0.15) is 70.7 Å². The molecule has 6 rings (SSSR count). The van der Waals surface area contributed by atoms with Crippen molar-refractivity contribution in [2.75, 3.05) is 30.5 Å². The third-order valence-corrected chi connectivity index (χ3v) is 10.9. The van der Waals surface area contributed by atoms with E-state index in [1.807, 2.05) is 51.3 Å². The number of anilines is 1. The fourth-order valence-corrected chi connectivity index (χ4v) is 8.11. The molecule has 0 fully saturated rings. The molecule has 0 saturated heterocycles. The highest BCUT2D eigenvalue weighted by atomic mass is 32.2. The van der Waals surface area contributed by atoms with Crippen LogP contribution in [-0.2, 0) is 20.2 Å². The number of fused-ring (bicyclic) bond motifs is 4. The van der Waals surface area contributed by atoms with E-state index in [4.69, 9.17) is 4.74 Å². The van der Waals surface area contributed by atoms with E-state index >= 15 is 0 Å². The molecule has 0 aromatic heterocycles. The Morgan fingerprint density at radius 1 is 0.840 bits per heavy atom. The molecule has 0 saturated carbocycles. The van der Waals surface area contributed by atoms with Gasteiger partial charge in [0.2, 0.25) is 5.36 Å². The first-order valence-corrected chi connectivity index (χ1v) is 18.5. The number of ether oxygens (including phenoxy) is 1. The van der Waals surface area contributed by atoms with Crippen molar-refractivity contribution in [3.8, 4) is 11.5 Å².